The molecule has 144 valence electrons. The Hall–Kier alpha value is -3.42. The highest BCUT2D eigenvalue weighted by Crippen LogP contribution is 2.30. The Morgan fingerprint density at radius 2 is 1.68 bits per heavy atom. The van der Waals surface area contributed by atoms with E-state index in [2.05, 4.69) is 15.6 Å². The van der Waals surface area contributed by atoms with Gasteiger partial charge in [-0.15, -0.1) is 0 Å². The van der Waals surface area contributed by atoms with Gasteiger partial charge in [-0.2, -0.15) is 13.2 Å². The summed E-state index contributed by atoms with van der Waals surface area (Å²) in [6, 6.07) is 12.7. The smallest absolute Gasteiger partial charge is 0.308 e. The van der Waals surface area contributed by atoms with Crippen LogP contribution in [0.2, 0.25) is 0 Å². The number of rotatable bonds is 3. The van der Waals surface area contributed by atoms with Crippen molar-refractivity contribution in [3.63, 3.8) is 0 Å². The Labute approximate surface area is 158 Å². The summed E-state index contributed by atoms with van der Waals surface area (Å²) in [5, 5.41) is 4.91. The Kier molecular flexibility index (Phi) is 5.30. The zero-order chi connectivity index (χ0) is 20.3. The molecule has 0 aliphatic heterocycles. The molecule has 0 fully saturated rings. The molecule has 0 aliphatic rings. The van der Waals surface area contributed by atoms with Gasteiger partial charge in [0.15, 0.2) is 0 Å². The van der Waals surface area contributed by atoms with Crippen LogP contribution in [0, 0.1) is 12.7 Å². The minimum absolute atomic E-state index is 0.0147. The van der Waals surface area contributed by atoms with Crippen LogP contribution in [0.25, 0.3) is 11.3 Å². The number of hydrogen-bond donors (Lipinski definition) is 2. The van der Waals surface area contributed by atoms with Crippen molar-refractivity contribution in [2.75, 3.05) is 10.6 Å². The molecule has 0 radical (unpaired) electrons. The van der Waals surface area contributed by atoms with Crippen molar-refractivity contribution in [3.8, 4) is 11.3 Å². The summed E-state index contributed by atoms with van der Waals surface area (Å²) in [6.45, 7) is 1.67. The number of alkyl halides is 3. The van der Waals surface area contributed by atoms with Gasteiger partial charge >= 0.3 is 12.2 Å². The van der Waals surface area contributed by atoms with E-state index in [-0.39, 0.29) is 11.5 Å². The van der Waals surface area contributed by atoms with E-state index in [1.165, 1.54) is 24.3 Å². The van der Waals surface area contributed by atoms with Gasteiger partial charge in [0.25, 0.3) is 0 Å². The first-order valence-corrected chi connectivity index (χ1v) is 8.21. The lowest BCUT2D eigenvalue weighted by Crippen LogP contribution is -2.20. The number of pyridine rings is 1. The molecular formula is C20H15F4N3O. The van der Waals surface area contributed by atoms with Crippen molar-refractivity contribution in [2.45, 2.75) is 13.1 Å². The normalized spacial score (nSPS) is 11.2. The van der Waals surface area contributed by atoms with Crippen LogP contribution in [0.3, 0.4) is 0 Å². The maximum atomic E-state index is 13.0. The van der Waals surface area contributed by atoms with E-state index < -0.39 is 17.8 Å². The Bertz CT molecular complexity index is 1000. The van der Waals surface area contributed by atoms with Crippen molar-refractivity contribution >= 4 is 17.4 Å². The van der Waals surface area contributed by atoms with Crippen LogP contribution in [-0.4, -0.2) is 11.0 Å². The van der Waals surface area contributed by atoms with Gasteiger partial charge in [-0.25, -0.2) is 9.18 Å². The first-order chi connectivity index (χ1) is 13.2. The van der Waals surface area contributed by atoms with Gasteiger partial charge in [0.2, 0.25) is 0 Å². The number of nitrogens with one attached hydrogen (secondary N) is 2. The van der Waals surface area contributed by atoms with E-state index >= 15 is 0 Å². The third kappa shape index (κ3) is 4.64. The van der Waals surface area contributed by atoms with Gasteiger partial charge in [-0.1, -0.05) is 6.07 Å². The number of carbonyl (C=O) groups is 1. The quantitative estimate of drug-likeness (QED) is 0.552. The number of halogens is 4. The highest BCUT2D eigenvalue weighted by Gasteiger charge is 2.30. The monoisotopic (exact) mass is 389 g/mol. The van der Waals surface area contributed by atoms with E-state index in [0.717, 1.165) is 12.1 Å². The number of nitrogens with zero attached hydrogens (tertiary/aromatic N) is 1. The molecule has 3 rings (SSSR count). The van der Waals surface area contributed by atoms with E-state index in [4.69, 9.17) is 0 Å². The molecule has 28 heavy (non-hydrogen) atoms. The summed E-state index contributed by atoms with van der Waals surface area (Å²) >= 11 is 0. The summed E-state index contributed by atoms with van der Waals surface area (Å²) in [4.78, 5) is 16.5. The van der Waals surface area contributed by atoms with Gasteiger partial charge in [0.05, 0.1) is 22.6 Å². The highest BCUT2D eigenvalue weighted by atomic mass is 19.4. The molecule has 0 saturated heterocycles. The fraction of sp³-hybridized carbons (Fsp3) is 0.100. The van der Waals surface area contributed by atoms with Gasteiger partial charge in [0.1, 0.15) is 5.82 Å². The number of hydrogen-bond acceptors (Lipinski definition) is 2. The summed E-state index contributed by atoms with van der Waals surface area (Å²) < 4.78 is 51.3. The molecular weight excluding hydrogens is 374 g/mol. The molecule has 1 aromatic heterocycles. The molecule has 2 N–H and O–H groups in total. The maximum absolute atomic E-state index is 13.0. The van der Waals surface area contributed by atoms with Crippen molar-refractivity contribution in [1.29, 1.82) is 0 Å². The number of amides is 2. The Morgan fingerprint density at radius 1 is 0.964 bits per heavy atom. The van der Waals surface area contributed by atoms with Crippen LogP contribution in [0.4, 0.5) is 33.7 Å². The van der Waals surface area contributed by atoms with Crippen LogP contribution in [0.15, 0.2) is 60.7 Å². The summed E-state index contributed by atoms with van der Waals surface area (Å²) in [5.41, 5.74) is 1.37. The molecule has 0 saturated carbocycles. The number of carbonyl (C=O) groups excluding carboxylic acids is 1. The predicted octanol–water partition coefficient (Wildman–Crippen LogP) is 5.86. The van der Waals surface area contributed by atoms with Crippen molar-refractivity contribution in [1.82, 2.24) is 4.98 Å². The zero-order valence-electron chi connectivity index (χ0n) is 14.6. The number of anilines is 2. The number of aromatic nitrogens is 1. The molecule has 2 aromatic carbocycles. The SMILES string of the molecule is Cc1nc(-c2ccc(F)cc2)ccc1NC(=O)Nc1cccc(C(F)(F)F)c1. The second-order valence-electron chi connectivity index (χ2n) is 5.99. The first kappa shape index (κ1) is 19.3. The fourth-order valence-electron chi connectivity index (χ4n) is 2.53. The van der Waals surface area contributed by atoms with Gasteiger partial charge < -0.3 is 10.6 Å². The molecule has 0 aliphatic carbocycles. The summed E-state index contributed by atoms with van der Waals surface area (Å²) in [5.74, 6) is -0.356. The van der Waals surface area contributed by atoms with Crippen molar-refractivity contribution in [2.24, 2.45) is 0 Å². The average Bonchev–Trinajstić information content (AvgIpc) is 2.63. The van der Waals surface area contributed by atoms with Crippen molar-refractivity contribution in [3.05, 3.63) is 77.7 Å². The largest absolute Gasteiger partial charge is 0.416 e. The van der Waals surface area contributed by atoms with E-state index in [1.807, 2.05) is 0 Å². The van der Waals surface area contributed by atoms with Crippen LogP contribution < -0.4 is 10.6 Å². The maximum Gasteiger partial charge on any atom is 0.416 e. The van der Waals surface area contributed by atoms with Crippen LogP contribution in [0.5, 0.6) is 0 Å². The first-order valence-electron chi connectivity index (χ1n) is 8.21. The molecule has 0 atom stereocenters. The second kappa shape index (κ2) is 7.67. The lowest BCUT2D eigenvalue weighted by molar-refractivity contribution is -0.137. The van der Waals surface area contributed by atoms with E-state index in [9.17, 15) is 22.4 Å². The van der Waals surface area contributed by atoms with Gasteiger partial charge in [-0.05, 0) is 61.5 Å². The molecule has 0 bridgehead atoms. The average molecular weight is 389 g/mol. The van der Waals surface area contributed by atoms with Gasteiger partial charge in [-0.3, -0.25) is 4.98 Å². The van der Waals surface area contributed by atoms with Crippen LogP contribution >= 0.6 is 0 Å². The molecule has 0 unspecified atom stereocenters. The van der Waals surface area contributed by atoms with Crippen LogP contribution in [-0.2, 0) is 6.18 Å². The second-order valence-corrected chi connectivity index (χ2v) is 5.99. The molecule has 1 heterocycles. The molecule has 3 aromatic rings. The molecule has 0 spiro atoms. The Morgan fingerprint density at radius 3 is 2.32 bits per heavy atom. The van der Waals surface area contributed by atoms with E-state index in [1.54, 1.807) is 31.2 Å². The van der Waals surface area contributed by atoms with Crippen LogP contribution in [0.1, 0.15) is 11.3 Å². The highest BCUT2D eigenvalue weighted by molar-refractivity contribution is 6.00. The molecule has 4 nitrogen and oxygen atoms in total. The minimum atomic E-state index is -4.50. The topological polar surface area (TPSA) is 54.0 Å². The summed E-state index contributed by atoms with van der Waals surface area (Å²) in [6.07, 6.45) is -4.50. The van der Waals surface area contributed by atoms with Gasteiger partial charge in [0, 0.05) is 11.3 Å². The Balaban J connectivity index is 1.71. The molecule has 8 heteroatoms. The lowest BCUT2D eigenvalue weighted by Gasteiger charge is -2.12. The number of aryl methyl sites for hydroxylation is 1. The number of urea groups is 1. The summed E-state index contributed by atoms with van der Waals surface area (Å²) in [7, 11) is 0. The van der Waals surface area contributed by atoms with E-state index in [0.29, 0.717) is 22.6 Å². The standard InChI is InChI=1S/C20H15F4N3O/c1-12-17(9-10-18(25-12)13-5-7-15(21)8-6-13)27-19(28)26-16-4-2-3-14(11-16)20(22,23)24/h2-11H,1H3,(H2,26,27,28). The lowest BCUT2D eigenvalue weighted by atomic mass is 10.1. The van der Waals surface area contributed by atoms with Crippen molar-refractivity contribution < 1.29 is 22.4 Å². The minimum Gasteiger partial charge on any atom is -0.308 e. The third-order valence-electron chi connectivity index (χ3n) is 3.92. The number of benzene rings is 2. The predicted molar refractivity (Wildman–Crippen MR) is 98.5 cm³/mol. The molecule has 2 amide bonds. The fourth-order valence-corrected chi connectivity index (χ4v) is 2.53. The zero-order valence-corrected chi connectivity index (χ0v) is 14.6. The third-order valence-corrected chi connectivity index (χ3v) is 3.92.